The van der Waals surface area contributed by atoms with Crippen LogP contribution in [-0.2, 0) is 12.1 Å². The van der Waals surface area contributed by atoms with Crippen LogP contribution in [0.25, 0.3) is 0 Å². The summed E-state index contributed by atoms with van der Waals surface area (Å²) in [6, 6.07) is 0. The fourth-order valence-corrected chi connectivity index (χ4v) is 1.42. The maximum absolute atomic E-state index is 12.5. The summed E-state index contributed by atoms with van der Waals surface area (Å²) in [6.07, 6.45) is -10.6. The second-order valence-corrected chi connectivity index (χ2v) is 3.43. The Hall–Kier alpha value is -1.51. The molecule has 106 valence electrons. The zero-order valence-electron chi connectivity index (χ0n) is 8.77. The van der Waals surface area contributed by atoms with E-state index in [1.54, 1.807) is 0 Å². The van der Waals surface area contributed by atoms with Crippen LogP contribution in [0.4, 0.5) is 26.3 Å². The van der Waals surface area contributed by atoms with Gasteiger partial charge in [-0.15, -0.1) is 24.8 Å². The van der Waals surface area contributed by atoms with E-state index in [-0.39, 0.29) is 12.5 Å². The van der Waals surface area contributed by atoms with Crippen molar-refractivity contribution in [3.63, 3.8) is 0 Å². The molecule has 0 fully saturated rings. The molecule has 1 aromatic rings. The van der Waals surface area contributed by atoms with E-state index in [2.05, 4.69) is 9.72 Å². The lowest BCUT2D eigenvalue weighted by Crippen LogP contribution is -2.22. The van der Waals surface area contributed by atoms with E-state index in [1.807, 2.05) is 0 Å². The molecule has 3 nitrogen and oxygen atoms in total. The van der Waals surface area contributed by atoms with E-state index in [4.69, 9.17) is 11.6 Å². The second kappa shape index (κ2) is 5.24. The Morgan fingerprint density at radius 2 is 1.84 bits per heavy atom. The molecule has 0 saturated carbocycles. The molecule has 0 N–H and O–H groups in total. The summed E-state index contributed by atoms with van der Waals surface area (Å²) in [4.78, 5) is 13.9. The number of carbonyl (C=O) groups is 1. The van der Waals surface area contributed by atoms with Gasteiger partial charge in [0.2, 0.25) is 0 Å². The Kier molecular flexibility index (Phi) is 4.28. The number of carbonyl (C=O) groups excluding carboxylic acids is 1. The van der Waals surface area contributed by atoms with E-state index < -0.39 is 41.0 Å². The monoisotopic (exact) mass is 307 g/mol. The Balaban J connectivity index is 3.54. The highest BCUT2D eigenvalue weighted by molar-refractivity contribution is 6.17. The van der Waals surface area contributed by atoms with Crippen molar-refractivity contribution in [1.29, 1.82) is 0 Å². The highest BCUT2D eigenvalue weighted by atomic mass is 35.5. The molecule has 0 saturated heterocycles. The van der Waals surface area contributed by atoms with E-state index in [9.17, 15) is 31.1 Å². The first-order chi connectivity index (χ1) is 8.60. The molecule has 0 aliphatic heterocycles. The highest BCUT2D eigenvalue weighted by Gasteiger charge is 2.41. The molecule has 0 bridgehead atoms. The Labute approximate surface area is 107 Å². The number of aldehydes is 1. The normalized spacial score (nSPS) is 12.4. The summed E-state index contributed by atoms with van der Waals surface area (Å²) >= 11 is 5.28. The van der Waals surface area contributed by atoms with Crippen LogP contribution < -0.4 is 4.74 Å². The van der Waals surface area contributed by atoms with Crippen molar-refractivity contribution in [3.8, 4) is 5.75 Å². The number of ether oxygens (including phenoxy) is 1. The third-order valence-corrected chi connectivity index (χ3v) is 2.17. The molecule has 0 aliphatic rings. The third kappa shape index (κ3) is 3.72. The van der Waals surface area contributed by atoms with E-state index in [1.165, 1.54) is 0 Å². The van der Waals surface area contributed by atoms with Crippen LogP contribution in [0, 0.1) is 0 Å². The predicted molar refractivity (Wildman–Crippen MR) is 50.9 cm³/mol. The largest absolute Gasteiger partial charge is 0.573 e. The van der Waals surface area contributed by atoms with Crippen molar-refractivity contribution in [2.75, 3.05) is 0 Å². The standard InChI is InChI=1S/C9H4ClF6NO2/c10-1-6-4(3-18)7(19-9(14,15)16)5(2-17-6)8(11,12)13/h2-3H,1H2. The molecular weight excluding hydrogens is 304 g/mol. The summed E-state index contributed by atoms with van der Waals surface area (Å²) in [5.41, 5.74) is -3.23. The maximum Gasteiger partial charge on any atom is 0.573 e. The quantitative estimate of drug-likeness (QED) is 0.487. The number of nitrogens with zero attached hydrogens (tertiary/aromatic N) is 1. The van der Waals surface area contributed by atoms with Gasteiger partial charge in [-0.25, -0.2) is 0 Å². The lowest BCUT2D eigenvalue weighted by atomic mass is 10.1. The maximum atomic E-state index is 12.5. The van der Waals surface area contributed by atoms with Crippen molar-refractivity contribution in [2.24, 2.45) is 0 Å². The van der Waals surface area contributed by atoms with Crippen LogP contribution in [0.3, 0.4) is 0 Å². The summed E-state index contributed by atoms with van der Waals surface area (Å²) in [7, 11) is 0. The number of hydrogen-bond donors (Lipinski definition) is 0. The summed E-state index contributed by atoms with van der Waals surface area (Å²) in [5, 5.41) is 0. The molecule has 0 spiro atoms. The third-order valence-electron chi connectivity index (χ3n) is 1.92. The molecular formula is C9H4ClF6NO2. The predicted octanol–water partition coefficient (Wildman–Crippen LogP) is 3.55. The van der Waals surface area contributed by atoms with Crippen molar-refractivity contribution in [1.82, 2.24) is 4.98 Å². The minimum Gasteiger partial charge on any atom is -0.404 e. The SMILES string of the molecule is O=Cc1c(CCl)ncc(C(F)(F)F)c1OC(F)(F)F. The lowest BCUT2D eigenvalue weighted by molar-refractivity contribution is -0.276. The van der Waals surface area contributed by atoms with E-state index in [0.29, 0.717) is 0 Å². The summed E-state index contributed by atoms with van der Waals surface area (Å²) in [5.74, 6) is -2.19. The molecule has 1 rings (SSSR count). The van der Waals surface area contributed by atoms with E-state index >= 15 is 0 Å². The van der Waals surface area contributed by atoms with Crippen LogP contribution in [0.2, 0.25) is 0 Å². The number of pyridine rings is 1. The molecule has 19 heavy (non-hydrogen) atoms. The van der Waals surface area contributed by atoms with Crippen molar-refractivity contribution in [2.45, 2.75) is 18.4 Å². The van der Waals surface area contributed by atoms with Gasteiger partial charge in [-0.2, -0.15) is 13.2 Å². The fraction of sp³-hybridized carbons (Fsp3) is 0.333. The average Bonchev–Trinajstić information content (AvgIpc) is 2.24. The number of rotatable bonds is 3. The molecule has 1 heterocycles. The summed E-state index contributed by atoms with van der Waals surface area (Å²) in [6.45, 7) is 0. The molecule has 0 amide bonds. The number of halogens is 7. The Morgan fingerprint density at radius 1 is 1.26 bits per heavy atom. The minimum atomic E-state index is -5.39. The number of aromatic nitrogens is 1. The van der Waals surface area contributed by atoms with Crippen molar-refractivity contribution >= 4 is 17.9 Å². The summed E-state index contributed by atoms with van der Waals surface area (Å²) < 4.78 is 77.2. The zero-order valence-corrected chi connectivity index (χ0v) is 9.53. The lowest BCUT2D eigenvalue weighted by Gasteiger charge is -2.17. The van der Waals surface area contributed by atoms with Crippen LogP contribution in [0.15, 0.2) is 6.20 Å². The molecule has 1 aromatic heterocycles. The van der Waals surface area contributed by atoms with Gasteiger partial charge in [0.1, 0.15) is 5.56 Å². The van der Waals surface area contributed by atoms with Gasteiger partial charge >= 0.3 is 12.5 Å². The Morgan fingerprint density at radius 3 is 2.21 bits per heavy atom. The van der Waals surface area contributed by atoms with Crippen molar-refractivity contribution < 1.29 is 35.9 Å². The first-order valence-electron chi connectivity index (χ1n) is 4.46. The smallest absolute Gasteiger partial charge is 0.404 e. The van der Waals surface area contributed by atoms with Gasteiger partial charge in [-0.1, -0.05) is 0 Å². The molecule has 0 radical (unpaired) electrons. The van der Waals surface area contributed by atoms with Crippen LogP contribution in [-0.4, -0.2) is 17.6 Å². The fourth-order valence-electron chi connectivity index (χ4n) is 1.20. The van der Waals surface area contributed by atoms with Gasteiger partial charge < -0.3 is 4.74 Å². The molecule has 0 atom stereocenters. The number of alkyl halides is 7. The van der Waals surface area contributed by atoms with Gasteiger partial charge in [0.25, 0.3) is 0 Å². The topological polar surface area (TPSA) is 39.2 Å². The minimum absolute atomic E-state index is 0.131. The Bertz CT molecular complexity index is 485. The zero-order chi connectivity index (χ0) is 14.8. The molecule has 0 aliphatic carbocycles. The first kappa shape index (κ1) is 15.5. The van der Waals surface area contributed by atoms with Crippen LogP contribution in [0.5, 0.6) is 5.75 Å². The van der Waals surface area contributed by atoms with Crippen LogP contribution in [0.1, 0.15) is 21.6 Å². The average molecular weight is 308 g/mol. The van der Waals surface area contributed by atoms with E-state index in [0.717, 1.165) is 0 Å². The molecule has 0 aromatic carbocycles. The van der Waals surface area contributed by atoms with Gasteiger partial charge in [0.05, 0.1) is 17.1 Å². The highest BCUT2D eigenvalue weighted by Crippen LogP contribution is 2.40. The second-order valence-electron chi connectivity index (χ2n) is 3.16. The van der Waals surface area contributed by atoms with Gasteiger partial charge in [0, 0.05) is 6.20 Å². The molecule has 10 heteroatoms. The molecule has 0 unspecified atom stereocenters. The first-order valence-corrected chi connectivity index (χ1v) is 4.99. The van der Waals surface area contributed by atoms with Crippen molar-refractivity contribution in [3.05, 3.63) is 23.0 Å². The number of hydrogen-bond acceptors (Lipinski definition) is 3. The van der Waals surface area contributed by atoms with Crippen LogP contribution >= 0.6 is 11.6 Å². The van der Waals surface area contributed by atoms with Gasteiger partial charge in [0.15, 0.2) is 12.0 Å². The van der Waals surface area contributed by atoms with Gasteiger partial charge in [-0.3, -0.25) is 9.78 Å². The van der Waals surface area contributed by atoms with Gasteiger partial charge in [-0.05, 0) is 0 Å².